The number of nitrogens with one attached hydrogen (secondary N) is 1. The van der Waals surface area contributed by atoms with E-state index in [0.717, 1.165) is 18.4 Å². The maximum absolute atomic E-state index is 14.0. The van der Waals surface area contributed by atoms with E-state index in [2.05, 4.69) is 5.32 Å². The normalized spacial score (nSPS) is 14.3. The second-order valence-corrected chi connectivity index (χ2v) is 7.22. The van der Waals surface area contributed by atoms with Crippen LogP contribution in [-0.4, -0.2) is 34.1 Å². The molecule has 1 fully saturated rings. The lowest BCUT2D eigenvalue weighted by Gasteiger charge is -2.27. The van der Waals surface area contributed by atoms with Crippen LogP contribution in [0.2, 0.25) is 0 Å². The summed E-state index contributed by atoms with van der Waals surface area (Å²) in [5.74, 6) is -1.22. The molecule has 0 spiro atoms. The zero-order valence-electron chi connectivity index (χ0n) is 15.7. The van der Waals surface area contributed by atoms with Gasteiger partial charge in [-0.25, -0.2) is 9.18 Å². The maximum atomic E-state index is 14.0. The number of carboxylic acids is 1. The van der Waals surface area contributed by atoms with Gasteiger partial charge in [0.15, 0.2) is 0 Å². The van der Waals surface area contributed by atoms with E-state index in [9.17, 15) is 14.0 Å². The molecule has 1 saturated carbocycles. The first-order chi connectivity index (χ1) is 13.5. The highest BCUT2D eigenvalue weighted by Crippen LogP contribution is 2.29. The first-order valence-corrected chi connectivity index (χ1v) is 9.59. The number of amides is 2. The first kappa shape index (κ1) is 19.9. The van der Waals surface area contributed by atoms with Crippen molar-refractivity contribution in [3.8, 4) is 0 Å². The highest BCUT2D eigenvalue weighted by Gasteiger charge is 2.33. The van der Waals surface area contributed by atoms with Crippen molar-refractivity contribution in [2.24, 2.45) is 0 Å². The van der Waals surface area contributed by atoms with Crippen LogP contribution < -0.4 is 5.32 Å². The average Bonchev–Trinajstić information content (AvgIpc) is 3.51. The van der Waals surface area contributed by atoms with E-state index in [1.54, 1.807) is 23.1 Å². The number of aliphatic carboxylic acids is 1. The Bertz CT molecular complexity index is 808. The van der Waals surface area contributed by atoms with E-state index in [1.165, 1.54) is 6.07 Å². The van der Waals surface area contributed by atoms with Gasteiger partial charge in [-0.05, 0) is 37.3 Å². The van der Waals surface area contributed by atoms with Crippen LogP contribution in [0.25, 0.3) is 0 Å². The molecule has 2 N–H and O–H groups in total. The zero-order valence-corrected chi connectivity index (χ0v) is 15.7. The lowest BCUT2D eigenvalue weighted by Crippen LogP contribution is -2.46. The Morgan fingerprint density at radius 2 is 1.79 bits per heavy atom. The van der Waals surface area contributed by atoms with Crippen LogP contribution in [0.15, 0.2) is 54.6 Å². The smallest absolute Gasteiger partial charge is 0.318 e. The maximum Gasteiger partial charge on any atom is 0.318 e. The number of carbonyl (C=O) groups excluding carboxylic acids is 1. The number of rotatable bonds is 9. The Morgan fingerprint density at radius 3 is 2.43 bits per heavy atom. The summed E-state index contributed by atoms with van der Waals surface area (Å²) in [4.78, 5) is 25.6. The number of halogens is 1. The van der Waals surface area contributed by atoms with Crippen LogP contribution in [0.3, 0.4) is 0 Å². The molecule has 1 unspecified atom stereocenters. The molecule has 5 nitrogen and oxygen atoms in total. The largest absolute Gasteiger partial charge is 0.481 e. The standard InChI is InChI=1S/C22H25FN2O3/c23-20-9-5-4-8-17(20)15-25(19-11-12-19)22(28)24-18(10-13-21(26)27)14-16-6-2-1-3-7-16/h1-9,18-19H,10-15H2,(H,24,28)(H,26,27). The van der Waals surface area contributed by atoms with Gasteiger partial charge in [-0.2, -0.15) is 0 Å². The van der Waals surface area contributed by atoms with E-state index in [1.807, 2.05) is 30.3 Å². The molecular weight excluding hydrogens is 359 g/mol. The van der Waals surface area contributed by atoms with Crippen molar-refractivity contribution in [2.75, 3.05) is 0 Å². The lowest BCUT2D eigenvalue weighted by molar-refractivity contribution is -0.137. The fourth-order valence-corrected chi connectivity index (χ4v) is 3.24. The summed E-state index contributed by atoms with van der Waals surface area (Å²) >= 11 is 0. The molecule has 28 heavy (non-hydrogen) atoms. The Hall–Kier alpha value is -2.89. The molecule has 0 aliphatic heterocycles. The molecule has 6 heteroatoms. The van der Waals surface area contributed by atoms with Crippen LogP contribution >= 0.6 is 0 Å². The fourth-order valence-electron chi connectivity index (χ4n) is 3.24. The fraction of sp³-hybridized carbons (Fsp3) is 0.364. The molecular formula is C22H25FN2O3. The molecule has 0 saturated heterocycles. The first-order valence-electron chi connectivity index (χ1n) is 9.59. The van der Waals surface area contributed by atoms with Gasteiger partial charge < -0.3 is 15.3 Å². The minimum atomic E-state index is -0.891. The van der Waals surface area contributed by atoms with Gasteiger partial charge in [-0.1, -0.05) is 48.5 Å². The van der Waals surface area contributed by atoms with Gasteiger partial charge in [-0.3, -0.25) is 4.79 Å². The summed E-state index contributed by atoms with van der Waals surface area (Å²) < 4.78 is 14.0. The molecule has 2 aromatic rings. The molecule has 0 aromatic heterocycles. The predicted octanol–water partition coefficient (Wildman–Crippen LogP) is 3.98. The van der Waals surface area contributed by atoms with Gasteiger partial charge in [0, 0.05) is 24.1 Å². The number of hydrogen-bond acceptors (Lipinski definition) is 2. The van der Waals surface area contributed by atoms with E-state index < -0.39 is 5.97 Å². The van der Waals surface area contributed by atoms with E-state index in [-0.39, 0.29) is 36.9 Å². The summed E-state index contributed by atoms with van der Waals surface area (Å²) in [6.07, 6.45) is 2.68. The lowest BCUT2D eigenvalue weighted by atomic mass is 10.0. The summed E-state index contributed by atoms with van der Waals surface area (Å²) in [6, 6.07) is 15.7. The van der Waals surface area contributed by atoms with Crippen LogP contribution in [0.4, 0.5) is 9.18 Å². The number of nitrogens with zero attached hydrogens (tertiary/aromatic N) is 1. The zero-order chi connectivity index (χ0) is 19.9. The van der Waals surface area contributed by atoms with Gasteiger partial charge in [0.05, 0.1) is 6.54 Å². The summed E-state index contributed by atoms with van der Waals surface area (Å²) in [5, 5.41) is 12.0. The average molecular weight is 384 g/mol. The molecule has 0 heterocycles. The van der Waals surface area contributed by atoms with Gasteiger partial charge in [-0.15, -0.1) is 0 Å². The Balaban J connectivity index is 1.69. The number of benzene rings is 2. The Labute approximate surface area is 164 Å². The molecule has 2 amide bonds. The van der Waals surface area contributed by atoms with Crippen molar-refractivity contribution >= 4 is 12.0 Å². The quantitative estimate of drug-likeness (QED) is 0.687. The second kappa shape index (κ2) is 9.35. The third-order valence-corrected chi connectivity index (χ3v) is 4.91. The van der Waals surface area contributed by atoms with Crippen LogP contribution in [0.1, 0.15) is 36.8 Å². The van der Waals surface area contributed by atoms with Gasteiger partial charge >= 0.3 is 12.0 Å². The predicted molar refractivity (Wildman–Crippen MR) is 104 cm³/mol. The SMILES string of the molecule is O=C(O)CCC(Cc1ccccc1)NC(=O)N(Cc1ccccc1F)C1CC1. The summed E-state index contributed by atoms with van der Waals surface area (Å²) in [6.45, 7) is 0.208. The molecule has 148 valence electrons. The molecule has 0 radical (unpaired) electrons. The second-order valence-electron chi connectivity index (χ2n) is 7.22. The monoisotopic (exact) mass is 384 g/mol. The van der Waals surface area contributed by atoms with Gasteiger partial charge in [0.25, 0.3) is 0 Å². The summed E-state index contributed by atoms with van der Waals surface area (Å²) in [7, 11) is 0. The van der Waals surface area contributed by atoms with E-state index in [4.69, 9.17) is 5.11 Å². The molecule has 1 aliphatic carbocycles. The Morgan fingerprint density at radius 1 is 1.11 bits per heavy atom. The van der Waals surface area contributed by atoms with Crippen molar-refractivity contribution in [2.45, 2.75) is 50.7 Å². The highest BCUT2D eigenvalue weighted by molar-refractivity contribution is 5.75. The van der Waals surface area contributed by atoms with Crippen molar-refractivity contribution < 1.29 is 19.1 Å². The van der Waals surface area contributed by atoms with Crippen molar-refractivity contribution in [3.63, 3.8) is 0 Å². The molecule has 3 rings (SSSR count). The highest BCUT2D eigenvalue weighted by atomic mass is 19.1. The molecule has 1 atom stereocenters. The number of urea groups is 1. The van der Waals surface area contributed by atoms with Gasteiger partial charge in [0.1, 0.15) is 5.82 Å². The minimum absolute atomic E-state index is 0.0193. The van der Waals surface area contributed by atoms with E-state index in [0.29, 0.717) is 18.4 Å². The number of carbonyl (C=O) groups is 2. The van der Waals surface area contributed by atoms with Crippen molar-refractivity contribution in [1.29, 1.82) is 0 Å². The molecule has 2 aromatic carbocycles. The number of hydrogen-bond donors (Lipinski definition) is 2. The molecule has 0 bridgehead atoms. The van der Waals surface area contributed by atoms with Crippen LogP contribution in [-0.2, 0) is 17.8 Å². The van der Waals surface area contributed by atoms with E-state index >= 15 is 0 Å². The van der Waals surface area contributed by atoms with Crippen LogP contribution in [0.5, 0.6) is 0 Å². The third kappa shape index (κ3) is 5.81. The topological polar surface area (TPSA) is 69.6 Å². The Kier molecular flexibility index (Phi) is 6.63. The van der Waals surface area contributed by atoms with Crippen LogP contribution in [0, 0.1) is 5.82 Å². The number of carboxylic acid groups (broad SMARTS) is 1. The van der Waals surface area contributed by atoms with Crippen molar-refractivity contribution in [1.82, 2.24) is 10.2 Å². The third-order valence-electron chi connectivity index (χ3n) is 4.91. The minimum Gasteiger partial charge on any atom is -0.481 e. The summed E-state index contributed by atoms with van der Waals surface area (Å²) in [5.41, 5.74) is 1.51. The van der Waals surface area contributed by atoms with Gasteiger partial charge in [0.2, 0.25) is 0 Å². The molecule has 1 aliphatic rings. The van der Waals surface area contributed by atoms with Crippen molar-refractivity contribution in [3.05, 3.63) is 71.5 Å².